The van der Waals surface area contributed by atoms with Crippen LogP contribution in [0, 0.1) is 0 Å². The first-order valence-electron chi connectivity index (χ1n) is 9.96. The van der Waals surface area contributed by atoms with Crippen LogP contribution in [0.4, 0.5) is 0 Å². The zero-order chi connectivity index (χ0) is 25.9. The van der Waals surface area contributed by atoms with Gasteiger partial charge in [-0.15, -0.1) is 23.5 Å². The first-order chi connectivity index (χ1) is 16.5. The third-order valence-corrected chi connectivity index (χ3v) is 7.52. The van der Waals surface area contributed by atoms with Gasteiger partial charge in [0.15, 0.2) is 11.5 Å². The highest BCUT2D eigenvalue weighted by Crippen LogP contribution is 2.44. The molecule has 2 aliphatic heterocycles. The number of esters is 2. The van der Waals surface area contributed by atoms with E-state index in [0.29, 0.717) is 16.2 Å². The van der Waals surface area contributed by atoms with E-state index in [2.05, 4.69) is 4.99 Å². The van der Waals surface area contributed by atoms with E-state index in [9.17, 15) is 14.4 Å². The molecule has 35 heavy (non-hydrogen) atoms. The van der Waals surface area contributed by atoms with Crippen LogP contribution in [0.3, 0.4) is 0 Å². The molecule has 0 bridgehead atoms. The Balaban J connectivity index is 1.95. The summed E-state index contributed by atoms with van der Waals surface area (Å²) < 4.78 is 14.1. The molecular weight excluding hydrogens is 582 g/mol. The minimum Gasteiger partial charge on any atom is -0.481 e. The number of ether oxygens (including phenoxy) is 3. The molecule has 1 saturated heterocycles. The average Bonchev–Trinajstić information content (AvgIpc) is 2.80. The summed E-state index contributed by atoms with van der Waals surface area (Å²) in [5.74, 6) is -1.34. The Morgan fingerprint density at radius 3 is 2.49 bits per heavy atom. The van der Waals surface area contributed by atoms with Crippen molar-refractivity contribution in [2.75, 3.05) is 25.7 Å². The molecule has 3 atom stereocenters. The Labute approximate surface area is 230 Å². The molecule has 1 fully saturated rings. The van der Waals surface area contributed by atoms with Crippen molar-refractivity contribution in [3.05, 3.63) is 46.1 Å². The van der Waals surface area contributed by atoms with Crippen molar-refractivity contribution in [1.29, 1.82) is 0 Å². The molecule has 3 rings (SSSR count). The number of rotatable bonds is 7. The van der Waals surface area contributed by atoms with Gasteiger partial charge in [0.1, 0.15) is 17.7 Å². The maximum atomic E-state index is 13.2. The van der Waals surface area contributed by atoms with E-state index >= 15 is 0 Å². The standard InChI is InChI=1S/C21H20Cl4N2O6S2/c1-10(28)33-20(34-3)13-8-35-18-14(26-16(31-2)11-4-6-12(22)7-5-11)17(29)27(18)15(13)19(30)32-9-21(23,24)25/h4-7,14,18,20H,8-9H2,1-3H3/t14-,18+,20?/m0/s1. The second-order valence-electron chi connectivity index (χ2n) is 7.24. The third-order valence-electron chi connectivity index (χ3n) is 4.84. The summed E-state index contributed by atoms with van der Waals surface area (Å²) in [5, 5.41) is 0.0311. The van der Waals surface area contributed by atoms with Gasteiger partial charge >= 0.3 is 11.9 Å². The molecule has 0 spiro atoms. The number of thioether (sulfide) groups is 2. The summed E-state index contributed by atoms with van der Waals surface area (Å²) in [5.41, 5.74) is 0.184. The van der Waals surface area contributed by atoms with Crippen molar-refractivity contribution in [2.45, 2.75) is 27.6 Å². The summed E-state index contributed by atoms with van der Waals surface area (Å²) in [6, 6.07) is 5.99. The number of halogens is 4. The minimum atomic E-state index is -1.84. The highest BCUT2D eigenvalue weighted by molar-refractivity contribution is 8.01. The quantitative estimate of drug-likeness (QED) is 0.113. The van der Waals surface area contributed by atoms with Crippen LogP contribution in [0.25, 0.3) is 0 Å². The van der Waals surface area contributed by atoms with Crippen molar-refractivity contribution >= 4 is 93.7 Å². The molecule has 2 aliphatic rings. The molecule has 2 heterocycles. The lowest BCUT2D eigenvalue weighted by Gasteiger charge is -2.48. The van der Waals surface area contributed by atoms with Crippen molar-refractivity contribution in [2.24, 2.45) is 4.99 Å². The van der Waals surface area contributed by atoms with Gasteiger partial charge < -0.3 is 14.2 Å². The van der Waals surface area contributed by atoms with Gasteiger partial charge in [-0.2, -0.15) is 0 Å². The van der Waals surface area contributed by atoms with Crippen LogP contribution in [0.1, 0.15) is 12.5 Å². The largest absolute Gasteiger partial charge is 0.481 e. The predicted molar refractivity (Wildman–Crippen MR) is 139 cm³/mol. The van der Waals surface area contributed by atoms with E-state index in [1.807, 2.05) is 0 Å². The van der Waals surface area contributed by atoms with Crippen LogP contribution in [0.5, 0.6) is 0 Å². The van der Waals surface area contributed by atoms with Crippen LogP contribution in [0.2, 0.25) is 5.02 Å². The van der Waals surface area contributed by atoms with Gasteiger partial charge in [0.25, 0.3) is 5.91 Å². The normalized spacial score (nSPS) is 21.2. The molecule has 0 radical (unpaired) electrons. The second kappa shape index (κ2) is 11.8. The second-order valence-corrected chi connectivity index (χ2v) is 12.2. The number of alkyl halides is 3. The number of aliphatic imine (C=N–C) groups is 1. The topological polar surface area (TPSA) is 94.5 Å². The van der Waals surface area contributed by atoms with Gasteiger partial charge in [-0.1, -0.05) is 46.4 Å². The third kappa shape index (κ3) is 6.72. The molecule has 0 aromatic heterocycles. The van der Waals surface area contributed by atoms with E-state index in [0.717, 1.165) is 0 Å². The van der Waals surface area contributed by atoms with Crippen molar-refractivity contribution in [1.82, 2.24) is 4.90 Å². The van der Waals surface area contributed by atoms with Crippen LogP contribution in [-0.2, 0) is 28.6 Å². The number of carbonyl (C=O) groups excluding carboxylic acids is 3. The maximum Gasteiger partial charge on any atom is 0.355 e. The van der Waals surface area contributed by atoms with Gasteiger partial charge in [-0.3, -0.25) is 14.5 Å². The van der Waals surface area contributed by atoms with Crippen LogP contribution in [-0.4, -0.2) is 75.0 Å². The number of methoxy groups -OCH3 is 1. The molecule has 14 heteroatoms. The van der Waals surface area contributed by atoms with E-state index in [1.165, 1.54) is 42.5 Å². The summed E-state index contributed by atoms with van der Waals surface area (Å²) in [6.07, 6.45) is 1.71. The fourth-order valence-electron chi connectivity index (χ4n) is 3.37. The van der Waals surface area contributed by atoms with Gasteiger partial charge in [0, 0.05) is 28.8 Å². The Hall–Kier alpha value is -1.30. The summed E-state index contributed by atoms with van der Waals surface area (Å²) in [4.78, 5) is 43.7. The Morgan fingerprint density at radius 2 is 1.94 bits per heavy atom. The monoisotopic (exact) mass is 600 g/mol. The number of β-lactam (4-membered cyclic amide) rings is 1. The number of fused-ring (bicyclic) bond motifs is 1. The average molecular weight is 602 g/mol. The molecule has 1 aromatic rings. The predicted octanol–water partition coefficient (Wildman–Crippen LogP) is 4.44. The number of nitrogens with zero attached hydrogens (tertiary/aromatic N) is 2. The van der Waals surface area contributed by atoms with Crippen molar-refractivity contribution in [3.8, 4) is 0 Å². The van der Waals surface area contributed by atoms with E-state index in [4.69, 9.17) is 60.6 Å². The molecule has 0 aliphatic carbocycles. The smallest absolute Gasteiger partial charge is 0.355 e. The van der Waals surface area contributed by atoms with Gasteiger partial charge in [-0.05, 0) is 30.5 Å². The van der Waals surface area contributed by atoms with E-state index in [1.54, 1.807) is 30.5 Å². The summed E-state index contributed by atoms with van der Waals surface area (Å²) >= 11 is 25.7. The number of carbonyl (C=O) groups is 3. The molecular formula is C21H20Cl4N2O6S2. The first kappa shape index (κ1) is 28.3. The molecule has 1 aromatic carbocycles. The maximum absolute atomic E-state index is 13.2. The van der Waals surface area contributed by atoms with Crippen molar-refractivity contribution in [3.63, 3.8) is 0 Å². The van der Waals surface area contributed by atoms with Crippen molar-refractivity contribution < 1.29 is 28.6 Å². The Morgan fingerprint density at radius 1 is 1.29 bits per heavy atom. The van der Waals surface area contributed by atoms with E-state index < -0.39 is 45.1 Å². The zero-order valence-electron chi connectivity index (χ0n) is 18.6. The lowest BCUT2D eigenvalue weighted by atomic mass is 10.0. The van der Waals surface area contributed by atoms with Gasteiger partial charge in [0.2, 0.25) is 9.69 Å². The van der Waals surface area contributed by atoms with E-state index in [-0.39, 0.29) is 17.3 Å². The van der Waals surface area contributed by atoms with Crippen LogP contribution in [0.15, 0.2) is 40.5 Å². The molecule has 1 unspecified atom stereocenters. The Kier molecular flexibility index (Phi) is 9.56. The lowest BCUT2D eigenvalue weighted by Crippen LogP contribution is -2.65. The number of hydrogen-bond acceptors (Lipinski definition) is 9. The highest BCUT2D eigenvalue weighted by Gasteiger charge is 2.55. The fraction of sp³-hybridized carbons (Fsp3) is 0.429. The van der Waals surface area contributed by atoms with Gasteiger partial charge in [0.05, 0.1) is 7.11 Å². The summed E-state index contributed by atoms with van der Waals surface area (Å²) in [7, 11) is 1.45. The molecule has 190 valence electrons. The van der Waals surface area contributed by atoms with Crippen LogP contribution >= 0.6 is 69.9 Å². The molecule has 0 N–H and O–H groups in total. The molecule has 0 saturated carbocycles. The SMILES string of the molecule is COC(=N[C@H]1C(=O)N2C(C(=O)OCC(Cl)(Cl)Cl)=C(C(OC(C)=O)SC)CS[C@H]12)c1ccc(Cl)cc1. The minimum absolute atomic E-state index is 0.0505. The molecule has 8 nitrogen and oxygen atoms in total. The zero-order valence-corrected chi connectivity index (χ0v) is 23.3. The highest BCUT2D eigenvalue weighted by atomic mass is 35.6. The lowest BCUT2D eigenvalue weighted by molar-refractivity contribution is -0.151. The first-order valence-corrected chi connectivity index (χ1v) is 13.8. The fourth-order valence-corrected chi connectivity index (χ4v) is 5.83. The van der Waals surface area contributed by atoms with Gasteiger partial charge in [-0.25, -0.2) is 9.79 Å². The van der Waals surface area contributed by atoms with Crippen LogP contribution < -0.4 is 0 Å². The number of benzene rings is 1. The summed E-state index contributed by atoms with van der Waals surface area (Å²) in [6.45, 7) is 0.725. The number of hydrogen-bond donors (Lipinski definition) is 0. The molecule has 1 amide bonds. The Bertz CT molecular complexity index is 1060. The number of amides is 1.